The van der Waals surface area contributed by atoms with E-state index in [1.54, 1.807) is 0 Å². The average molecular weight is 288 g/mol. The van der Waals surface area contributed by atoms with Crippen LogP contribution < -0.4 is 0 Å². The normalized spacial score (nSPS) is 59.9. The zero-order chi connectivity index (χ0) is 14.5. The van der Waals surface area contributed by atoms with Gasteiger partial charge in [0.05, 0.1) is 11.5 Å². The summed E-state index contributed by atoms with van der Waals surface area (Å²) in [6.45, 7) is 0. The fourth-order valence-electron chi connectivity index (χ4n) is 7.65. The molecule has 0 amide bonds. The second kappa shape index (κ2) is 3.56. The summed E-state index contributed by atoms with van der Waals surface area (Å²) in [6.07, 6.45) is 12.8. The van der Waals surface area contributed by atoms with Gasteiger partial charge in [-0.3, -0.25) is 4.79 Å². The Kier molecular flexibility index (Phi) is 2.15. The van der Waals surface area contributed by atoms with E-state index in [4.69, 9.17) is 0 Å². The van der Waals surface area contributed by atoms with Crippen LogP contribution in [0.25, 0.3) is 0 Å². The molecule has 6 rings (SSSR count). The van der Waals surface area contributed by atoms with Crippen molar-refractivity contribution in [3.8, 4) is 0 Å². The van der Waals surface area contributed by atoms with Crippen LogP contribution in [0.5, 0.6) is 0 Å². The van der Waals surface area contributed by atoms with E-state index in [0.29, 0.717) is 17.8 Å². The summed E-state index contributed by atoms with van der Waals surface area (Å²) in [5.41, 5.74) is -0.581. The molecule has 3 heteroatoms. The maximum atomic E-state index is 11.9. The summed E-state index contributed by atoms with van der Waals surface area (Å²) in [5, 5.41) is 20.8. The van der Waals surface area contributed by atoms with Crippen LogP contribution in [0.2, 0.25) is 0 Å². The molecule has 114 valence electrons. The first kappa shape index (κ1) is 12.7. The van der Waals surface area contributed by atoms with Crippen LogP contribution in [-0.4, -0.2) is 21.8 Å². The van der Waals surface area contributed by atoms with E-state index in [1.807, 2.05) is 0 Å². The van der Waals surface area contributed by atoms with Gasteiger partial charge in [-0.1, -0.05) is 12.2 Å². The van der Waals surface area contributed by atoms with E-state index in [1.165, 1.54) is 6.42 Å². The lowest BCUT2D eigenvalue weighted by Gasteiger charge is -2.65. The topological polar surface area (TPSA) is 57.5 Å². The maximum Gasteiger partial charge on any atom is 0.307 e. The van der Waals surface area contributed by atoms with Gasteiger partial charge in [-0.25, -0.2) is 0 Å². The number of aliphatic carboxylic acids is 1. The lowest BCUT2D eigenvalue weighted by atomic mass is 9.40. The Bertz CT molecular complexity index is 537. The zero-order valence-electron chi connectivity index (χ0n) is 12.4. The second-order valence-corrected chi connectivity index (χ2v) is 8.96. The van der Waals surface area contributed by atoms with Crippen molar-refractivity contribution in [1.82, 2.24) is 0 Å². The van der Waals surface area contributed by atoms with Gasteiger partial charge >= 0.3 is 5.97 Å². The van der Waals surface area contributed by atoms with E-state index >= 15 is 0 Å². The number of allylic oxidation sites excluding steroid dienone is 2. The molecule has 0 aromatic rings. The summed E-state index contributed by atoms with van der Waals surface area (Å²) in [5.74, 6) is 0.909. The monoisotopic (exact) mass is 288 g/mol. The minimum Gasteiger partial charge on any atom is -0.481 e. The van der Waals surface area contributed by atoms with Crippen molar-refractivity contribution in [1.29, 1.82) is 0 Å². The predicted molar refractivity (Wildman–Crippen MR) is 77.5 cm³/mol. The highest BCUT2D eigenvalue weighted by molar-refractivity contribution is 5.73. The Morgan fingerprint density at radius 3 is 2.33 bits per heavy atom. The highest BCUT2D eigenvalue weighted by Gasteiger charge is 2.69. The van der Waals surface area contributed by atoms with Gasteiger partial charge in [0.1, 0.15) is 0 Å². The standard InChI is InChI=1S/C18H24O3/c19-15(20)14-4-11-1-2-18(14,9-11)16-5-12-3-13(6-16)8-17(21,7-12)10-16/h1-2,11-14,21H,3-10H2,(H,19,20). The van der Waals surface area contributed by atoms with Crippen LogP contribution in [0.1, 0.15) is 51.4 Å². The number of hydrogen-bond donors (Lipinski definition) is 2. The Labute approximate surface area is 125 Å². The fraction of sp³-hybridized carbons (Fsp3) is 0.833. The molecule has 21 heavy (non-hydrogen) atoms. The highest BCUT2D eigenvalue weighted by Crippen LogP contribution is 2.74. The van der Waals surface area contributed by atoms with E-state index in [-0.39, 0.29) is 16.7 Å². The summed E-state index contributed by atoms with van der Waals surface area (Å²) >= 11 is 0. The number of carboxylic acids is 1. The molecule has 5 unspecified atom stereocenters. The molecule has 0 radical (unpaired) electrons. The van der Waals surface area contributed by atoms with Gasteiger partial charge in [-0.15, -0.1) is 0 Å². The second-order valence-electron chi connectivity index (χ2n) is 8.96. The molecular formula is C18H24O3. The van der Waals surface area contributed by atoms with Gasteiger partial charge in [-0.05, 0) is 74.5 Å². The third kappa shape index (κ3) is 1.42. The first-order valence-electron chi connectivity index (χ1n) is 8.58. The SMILES string of the molecule is O=C(O)C1CC2C=CC1(C13CC4CC(CC(O)(C4)C1)C3)C2. The van der Waals surface area contributed by atoms with Crippen LogP contribution >= 0.6 is 0 Å². The third-order valence-electron chi connectivity index (χ3n) is 7.74. The molecule has 0 heterocycles. The van der Waals surface area contributed by atoms with Gasteiger partial charge in [-0.2, -0.15) is 0 Å². The molecule has 3 nitrogen and oxygen atoms in total. The molecule has 2 N–H and O–H groups in total. The quantitative estimate of drug-likeness (QED) is 0.768. The summed E-state index contributed by atoms with van der Waals surface area (Å²) in [4.78, 5) is 11.9. The molecule has 6 aliphatic carbocycles. The largest absolute Gasteiger partial charge is 0.481 e. The van der Waals surface area contributed by atoms with Crippen LogP contribution in [0, 0.1) is 34.5 Å². The molecule has 0 spiro atoms. The average Bonchev–Trinajstić information content (AvgIpc) is 2.94. The number of hydrogen-bond acceptors (Lipinski definition) is 2. The first-order chi connectivity index (χ1) is 9.94. The van der Waals surface area contributed by atoms with Crippen molar-refractivity contribution in [3.05, 3.63) is 12.2 Å². The van der Waals surface area contributed by atoms with Crippen LogP contribution in [-0.2, 0) is 4.79 Å². The van der Waals surface area contributed by atoms with Gasteiger partial charge in [0, 0.05) is 5.41 Å². The van der Waals surface area contributed by atoms with Crippen molar-refractivity contribution < 1.29 is 15.0 Å². The first-order valence-corrected chi connectivity index (χ1v) is 8.58. The van der Waals surface area contributed by atoms with Crippen LogP contribution in [0.3, 0.4) is 0 Å². The van der Waals surface area contributed by atoms with E-state index in [9.17, 15) is 15.0 Å². The van der Waals surface area contributed by atoms with Gasteiger partial charge in [0.2, 0.25) is 0 Å². The predicted octanol–water partition coefficient (Wildman–Crippen LogP) is 2.98. The highest BCUT2D eigenvalue weighted by atomic mass is 16.4. The molecule has 5 saturated carbocycles. The number of fused-ring (bicyclic) bond motifs is 2. The van der Waals surface area contributed by atoms with Gasteiger partial charge < -0.3 is 10.2 Å². The van der Waals surface area contributed by atoms with Crippen molar-refractivity contribution in [2.24, 2.45) is 34.5 Å². The van der Waals surface area contributed by atoms with Crippen molar-refractivity contribution >= 4 is 5.97 Å². The zero-order valence-corrected chi connectivity index (χ0v) is 12.4. The molecule has 6 aliphatic rings. The Balaban J connectivity index is 1.63. The van der Waals surface area contributed by atoms with E-state index in [2.05, 4.69) is 12.2 Å². The number of carbonyl (C=O) groups is 1. The van der Waals surface area contributed by atoms with Crippen LogP contribution in [0.4, 0.5) is 0 Å². The minimum absolute atomic E-state index is 0.0661. The number of rotatable bonds is 2. The Morgan fingerprint density at radius 2 is 1.76 bits per heavy atom. The molecule has 0 aromatic carbocycles. The lowest BCUT2D eigenvalue weighted by molar-refractivity contribution is -0.205. The third-order valence-corrected chi connectivity index (χ3v) is 7.74. The lowest BCUT2D eigenvalue weighted by Crippen LogP contribution is -2.61. The summed E-state index contributed by atoms with van der Waals surface area (Å²) in [7, 11) is 0. The Hall–Kier alpha value is -0.830. The van der Waals surface area contributed by atoms with Crippen molar-refractivity contribution in [2.45, 2.75) is 57.0 Å². The van der Waals surface area contributed by atoms with Gasteiger partial charge in [0.25, 0.3) is 0 Å². The number of carboxylic acid groups (broad SMARTS) is 1. The molecule has 0 aliphatic heterocycles. The van der Waals surface area contributed by atoms with Crippen LogP contribution in [0.15, 0.2) is 12.2 Å². The van der Waals surface area contributed by atoms with Gasteiger partial charge in [0.15, 0.2) is 0 Å². The fourth-order valence-corrected chi connectivity index (χ4v) is 7.65. The van der Waals surface area contributed by atoms with Crippen molar-refractivity contribution in [2.75, 3.05) is 0 Å². The molecule has 0 aromatic heterocycles. The van der Waals surface area contributed by atoms with Crippen molar-refractivity contribution in [3.63, 3.8) is 0 Å². The molecule has 5 fully saturated rings. The minimum atomic E-state index is -0.607. The van der Waals surface area contributed by atoms with E-state index < -0.39 is 11.6 Å². The molecule has 0 saturated heterocycles. The smallest absolute Gasteiger partial charge is 0.307 e. The Morgan fingerprint density at radius 1 is 1.05 bits per heavy atom. The molecular weight excluding hydrogens is 264 g/mol. The number of aliphatic hydroxyl groups is 1. The van der Waals surface area contributed by atoms with E-state index in [0.717, 1.165) is 44.9 Å². The molecule has 5 atom stereocenters. The maximum absolute atomic E-state index is 11.9. The summed E-state index contributed by atoms with van der Waals surface area (Å²) in [6, 6.07) is 0. The molecule has 6 bridgehead atoms. The summed E-state index contributed by atoms with van der Waals surface area (Å²) < 4.78 is 0.